The molecule has 0 spiro atoms. The first-order chi connectivity index (χ1) is 14.2. The van der Waals surface area contributed by atoms with E-state index >= 15 is 0 Å². The molecule has 0 bridgehead atoms. The molecule has 3 fully saturated rings. The number of methoxy groups -OCH3 is 1. The average molecular weight is 400 g/mol. The van der Waals surface area contributed by atoms with Crippen LogP contribution in [0.5, 0.6) is 5.75 Å². The van der Waals surface area contributed by atoms with Gasteiger partial charge in [0.1, 0.15) is 5.75 Å². The molecule has 2 unspecified atom stereocenters. The maximum atomic E-state index is 12.5. The summed E-state index contributed by atoms with van der Waals surface area (Å²) in [6.07, 6.45) is 5.93. The maximum absolute atomic E-state index is 12.5. The second-order valence-electron chi connectivity index (χ2n) is 8.53. The molecule has 2 amide bonds. The number of hydrogen-bond acceptors (Lipinski definition) is 5. The van der Waals surface area contributed by atoms with Gasteiger partial charge in [-0.15, -0.1) is 0 Å². The van der Waals surface area contributed by atoms with Crippen molar-refractivity contribution in [1.29, 1.82) is 0 Å². The number of rotatable bonds is 7. The van der Waals surface area contributed by atoms with Crippen molar-refractivity contribution < 1.29 is 14.3 Å². The number of anilines is 1. The van der Waals surface area contributed by atoms with Crippen molar-refractivity contribution in [2.45, 2.75) is 38.5 Å². The standard InChI is InChI=1S/C23H33N3O3/c1-29-21-11-5-4-10-20(21)25-16-14-24(15-17-25)12-6-7-13-26-22(27)18-8-2-3-9-19(18)23(26)28/h4-5,10-11,18-19H,2-3,6-9,12-17H2,1H3. The number of amides is 2. The molecule has 0 aromatic heterocycles. The Hall–Kier alpha value is -2.08. The number of likely N-dealkylation sites (tertiary alicyclic amines) is 1. The van der Waals surface area contributed by atoms with E-state index in [2.05, 4.69) is 21.9 Å². The topological polar surface area (TPSA) is 53.1 Å². The van der Waals surface area contributed by atoms with Gasteiger partial charge in [-0.1, -0.05) is 25.0 Å². The fourth-order valence-corrected chi connectivity index (χ4v) is 5.16. The second-order valence-corrected chi connectivity index (χ2v) is 8.53. The minimum Gasteiger partial charge on any atom is -0.495 e. The first-order valence-corrected chi connectivity index (χ1v) is 11.1. The first kappa shape index (κ1) is 20.2. The second kappa shape index (κ2) is 9.16. The fourth-order valence-electron chi connectivity index (χ4n) is 5.16. The Morgan fingerprint density at radius 3 is 2.17 bits per heavy atom. The molecule has 1 aromatic carbocycles. The predicted molar refractivity (Wildman–Crippen MR) is 113 cm³/mol. The predicted octanol–water partition coefficient (Wildman–Crippen LogP) is 2.77. The monoisotopic (exact) mass is 399 g/mol. The fraction of sp³-hybridized carbons (Fsp3) is 0.652. The third-order valence-electron chi connectivity index (χ3n) is 6.84. The van der Waals surface area contributed by atoms with Crippen LogP contribution in [-0.4, -0.2) is 68.0 Å². The van der Waals surface area contributed by atoms with Crippen molar-refractivity contribution in [1.82, 2.24) is 9.80 Å². The van der Waals surface area contributed by atoms with Crippen LogP contribution in [-0.2, 0) is 9.59 Å². The number of ether oxygens (including phenoxy) is 1. The Balaban J connectivity index is 1.19. The van der Waals surface area contributed by atoms with Crippen LogP contribution in [0.3, 0.4) is 0 Å². The normalized spacial score (nSPS) is 25.4. The van der Waals surface area contributed by atoms with Gasteiger partial charge in [0.2, 0.25) is 11.8 Å². The first-order valence-electron chi connectivity index (χ1n) is 11.1. The van der Waals surface area contributed by atoms with Crippen LogP contribution in [0.2, 0.25) is 0 Å². The number of imide groups is 1. The number of carbonyl (C=O) groups excluding carboxylic acids is 2. The van der Waals surface area contributed by atoms with Gasteiger partial charge in [0.15, 0.2) is 0 Å². The van der Waals surface area contributed by atoms with E-state index in [-0.39, 0.29) is 23.7 Å². The lowest BCUT2D eigenvalue weighted by atomic mass is 9.81. The molecule has 0 radical (unpaired) electrons. The molecule has 4 rings (SSSR count). The highest BCUT2D eigenvalue weighted by Gasteiger charge is 2.47. The van der Waals surface area contributed by atoms with Crippen molar-refractivity contribution in [3.05, 3.63) is 24.3 Å². The van der Waals surface area contributed by atoms with E-state index in [0.717, 1.165) is 77.0 Å². The highest BCUT2D eigenvalue weighted by molar-refractivity contribution is 6.05. The lowest BCUT2D eigenvalue weighted by Gasteiger charge is -2.36. The Labute approximate surface area is 173 Å². The number of nitrogens with zero attached hydrogens (tertiary/aromatic N) is 3. The number of hydrogen-bond donors (Lipinski definition) is 0. The molecular formula is C23H33N3O3. The molecule has 6 nitrogen and oxygen atoms in total. The summed E-state index contributed by atoms with van der Waals surface area (Å²) >= 11 is 0. The summed E-state index contributed by atoms with van der Waals surface area (Å²) in [5.74, 6) is 1.11. The zero-order valence-electron chi connectivity index (χ0n) is 17.5. The zero-order valence-corrected chi connectivity index (χ0v) is 17.5. The number of benzene rings is 1. The molecule has 158 valence electrons. The number of piperazine rings is 1. The number of fused-ring (bicyclic) bond motifs is 1. The summed E-state index contributed by atoms with van der Waals surface area (Å²) in [4.78, 5) is 31.5. The molecular weight excluding hydrogens is 366 g/mol. The van der Waals surface area contributed by atoms with E-state index in [9.17, 15) is 9.59 Å². The van der Waals surface area contributed by atoms with Gasteiger partial charge in [-0.2, -0.15) is 0 Å². The van der Waals surface area contributed by atoms with E-state index < -0.39 is 0 Å². The average Bonchev–Trinajstić information content (AvgIpc) is 3.02. The Morgan fingerprint density at radius 2 is 1.52 bits per heavy atom. The van der Waals surface area contributed by atoms with Crippen LogP contribution < -0.4 is 9.64 Å². The largest absolute Gasteiger partial charge is 0.495 e. The SMILES string of the molecule is COc1ccccc1N1CCN(CCCCN2C(=O)C3CCCCC3C2=O)CC1. The zero-order chi connectivity index (χ0) is 20.2. The van der Waals surface area contributed by atoms with Gasteiger partial charge in [0.05, 0.1) is 24.6 Å². The highest BCUT2D eigenvalue weighted by atomic mass is 16.5. The molecule has 6 heteroatoms. The minimum atomic E-state index is -0.0145. The maximum Gasteiger partial charge on any atom is 0.233 e. The van der Waals surface area contributed by atoms with E-state index in [1.165, 1.54) is 5.69 Å². The highest BCUT2D eigenvalue weighted by Crippen LogP contribution is 2.38. The minimum absolute atomic E-state index is 0.0145. The Bertz CT molecular complexity index is 706. The van der Waals surface area contributed by atoms with Gasteiger partial charge in [-0.25, -0.2) is 0 Å². The van der Waals surface area contributed by atoms with E-state index in [1.807, 2.05) is 12.1 Å². The molecule has 29 heavy (non-hydrogen) atoms. The molecule has 0 N–H and O–H groups in total. The van der Waals surface area contributed by atoms with Crippen LogP contribution >= 0.6 is 0 Å². The molecule has 2 atom stereocenters. The molecule has 2 heterocycles. The van der Waals surface area contributed by atoms with Crippen LogP contribution in [0.4, 0.5) is 5.69 Å². The molecule has 1 saturated carbocycles. The van der Waals surface area contributed by atoms with Gasteiger partial charge in [-0.3, -0.25) is 19.4 Å². The summed E-state index contributed by atoms with van der Waals surface area (Å²) in [6, 6.07) is 8.19. The van der Waals surface area contributed by atoms with Crippen molar-refractivity contribution in [3.63, 3.8) is 0 Å². The number of unbranched alkanes of at least 4 members (excludes halogenated alkanes) is 1. The van der Waals surface area contributed by atoms with Crippen LogP contribution in [0, 0.1) is 11.8 Å². The summed E-state index contributed by atoms with van der Waals surface area (Å²) in [5.41, 5.74) is 1.17. The molecule has 3 aliphatic rings. The molecule has 1 aliphatic carbocycles. The summed E-state index contributed by atoms with van der Waals surface area (Å²) in [6.45, 7) is 5.68. The summed E-state index contributed by atoms with van der Waals surface area (Å²) < 4.78 is 5.49. The lowest BCUT2D eigenvalue weighted by Crippen LogP contribution is -2.46. The van der Waals surface area contributed by atoms with Crippen molar-refractivity contribution in [3.8, 4) is 5.75 Å². The van der Waals surface area contributed by atoms with Crippen LogP contribution in [0.15, 0.2) is 24.3 Å². The van der Waals surface area contributed by atoms with E-state index in [4.69, 9.17) is 4.74 Å². The number of para-hydroxylation sites is 2. The molecule has 2 saturated heterocycles. The molecule has 1 aromatic rings. The summed E-state index contributed by atoms with van der Waals surface area (Å²) in [5, 5.41) is 0. The lowest BCUT2D eigenvalue weighted by molar-refractivity contribution is -0.140. The number of carbonyl (C=O) groups is 2. The summed E-state index contributed by atoms with van der Waals surface area (Å²) in [7, 11) is 1.72. The van der Waals surface area contributed by atoms with Gasteiger partial charge in [0.25, 0.3) is 0 Å². The third-order valence-corrected chi connectivity index (χ3v) is 6.84. The van der Waals surface area contributed by atoms with Gasteiger partial charge < -0.3 is 9.64 Å². The third kappa shape index (κ3) is 4.27. The van der Waals surface area contributed by atoms with E-state index in [0.29, 0.717) is 6.54 Å². The van der Waals surface area contributed by atoms with Gasteiger partial charge in [-0.05, 0) is 44.4 Å². The van der Waals surface area contributed by atoms with Crippen molar-refractivity contribution in [2.24, 2.45) is 11.8 Å². The van der Waals surface area contributed by atoms with Crippen molar-refractivity contribution in [2.75, 3.05) is 51.3 Å². The van der Waals surface area contributed by atoms with E-state index in [1.54, 1.807) is 12.0 Å². The quantitative estimate of drug-likeness (QED) is 0.521. The molecule has 2 aliphatic heterocycles. The van der Waals surface area contributed by atoms with Crippen LogP contribution in [0.1, 0.15) is 38.5 Å². The van der Waals surface area contributed by atoms with Crippen molar-refractivity contribution >= 4 is 17.5 Å². The smallest absolute Gasteiger partial charge is 0.233 e. The van der Waals surface area contributed by atoms with Gasteiger partial charge in [0, 0.05) is 32.7 Å². The Morgan fingerprint density at radius 1 is 0.897 bits per heavy atom. The Kier molecular flexibility index (Phi) is 6.38. The van der Waals surface area contributed by atoms with Gasteiger partial charge >= 0.3 is 0 Å². The van der Waals surface area contributed by atoms with Crippen LogP contribution in [0.25, 0.3) is 0 Å².